The van der Waals surface area contributed by atoms with E-state index < -0.39 is 23.5 Å². The Bertz CT molecular complexity index is 300. The summed E-state index contributed by atoms with van der Waals surface area (Å²) < 4.78 is 4.93. The van der Waals surface area contributed by atoms with Gasteiger partial charge >= 0.3 is 12.3 Å². The smallest absolute Gasteiger partial charge is 0.408 e. The first-order valence-corrected chi connectivity index (χ1v) is 4.47. The van der Waals surface area contributed by atoms with Crippen LogP contribution < -0.4 is 5.32 Å². The third kappa shape index (κ3) is 6.40. The highest BCUT2D eigenvalue weighted by molar-refractivity contribution is 6.27. The van der Waals surface area contributed by atoms with E-state index in [1.54, 1.807) is 20.8 Å². The number of alkyl carbamates (subject to hydrolysis) is 1. The average Bonchev–Trinajstić information content (AvgIpc) is 2.00. The Labute approximate surface area is 88.2 Å². The molecule has 0 unspecified atom stereocenters. The third-order valence-corrected chi connectivity index (χ3v) is 1.34. The van der Waals surface area contributed by atoms with Gasteiger partial charge in [-0.15, -0.1) is 0 Å². The molecular weight excluding hydrogens is 198 g/mol. The van der Waals surface area contributed by atoms with E-state index in [1.165, 1.54) is 6.92 Å². The second kappa shape index (κ2) is 5.26. The second-order valence-corrected chi connectivity index (χ2v) is 4.01. The molecule has 6 nitrogen and oxygen atoms in total. The van der Waals surface area contributed by atoms with Crippen LogP contribution in [-0.2, 0) is 9.53 Å². The standard InChI is InChI=1S/C9H15N3O3/c1-6(7(13)5-11-10)12-8(14)15-9(2,3)4/h5-6H,1-4H3,(H,12,14)/t6-/m0/s1. The van der Waals surface area contributed by atoms with E-state index in [-0.39, 0.29) is 0 Å². The molecule has 0 aromatic rings. The average molecular weight is 213 g/mol. The second-order valence-electron chi connectivity index (χ2n) is 4.01. The zero-order valence-electron chi connectivity index (χ0n) is 9.27. The van der Waals surface area contributed by atoms with Gasteiger partial charge in [0.25, 0.3) is 5.78 Å². The largest absolute Gasteiger partial charge is 0.444 e. The van der Waals surface area contributed by atoms with E-state index in [4.69, 9.17) is 10.3 Å². The van der Waals surface area contributed by atoms with Crippen LogP contribution >= 0.6 is 0 Å². The van der Waals surface area contributed by atoms with Gasteiger partial charge in [0.2, 0.25) is 0 Å². The number of carbonyl (C=O) groups is 2. The summed E-state index contributed by atoms with van der Waals surface area (Å²) in [7, 11) is 0. The van der Waals surface area contributed by atoms with Crippen molar-refractivity contribution < 1.29 is 19.1 Å². The molecular formula is C9H15N3O3. The van der Waals surface area contributed by atoms with Gasteiger partial charge in [-0.2, -0.15) is 4.79 Å². The maximum atomic E-state index is 11.2. The van der Waals surface area contributed by atoms with Crippen LogP contribution in [0.2, 0.25) is 0 Å². The summed E-state index contributed by atoms with van der Waals surface area (Å²) in [5.74, 6) is -0.511. The zero-order chi connectivity index (χ0) is 12.1. The quantitative estimate of drug-likeness (QED) is 0.426. The van der Waals surface area contributed by atoms with E-state index in [0.717, 1.165) is 6.21 Å². The Morgan fingerprint density at radius 1 is 1.47 bits per heavy atom. The van der Waals surface area contributed by atoms with Crippen LogP contribution in [0, 0.1) is 0 Å². The molecule has 0 rings (SSSR count). The summed E-state index contributed by atoms with van der Waals surface area (Å²) in [6.07, 6.45) is 0.0388. The molecule has 0 saturated carbocycles. The first-order valence-electron chi connectivity index (χ1n) is 4.47. The predicted molar refractivity (Wildman–Crippen MR) is 53.5 cm³/mol. The minimum absolute atomic E-state index is 0.511. The molecule has 84 valence electrons. The Hall–Kier alpha value is -1.68. The molecule has 0 aliphatic carbocycles. The van der Waals surface area contributed by atoms with E-state index in [2.05, 4.69) is 10.1 Å². The monoisotopic (exact) mass is 213 g/mol. The van der Waals surface area contributed by atoms with Crippen LogP contribution in [-0.4, -0.2) is 34.5 Å². The normalized spacial score (nSPS) is 12.3. The Morgan fingerprint density at radius 3 is 2.40 bits per heavy atom. The highest BCUT2D eigenvalue weighted by Crippen LogP contribution is 2.06. The van der Waals surface area contributed by atoms with Crippen molar-refractivity contribution in [2.75, 3.05) is 0 Å². The summed E-state index contributed by atoms with van der Waals surface area (Å²) in [5, 5.41) is 2.31. The molecule has 0 aromatic carbocycles. The SMILES string of the molecule is C[C@H](NC(=O)OC(C)(C)C)C(=O)C=[N+]=[N-]. The minimum atomic E-state index is -0.782. The summed E-state index contributed by atoms with van der Waals surface area (Å²) in [6.45, 7) is 6.62. The number of amides is 1. The molecule has 0 radical (unpaired) electrons. The van der Waals surface area contributed by atoms with Crippen molar-refractivity contribution in [3.05, 3.63) is 5.53 Å². The van der Waals surface area contributed by atoms with Crippen LogP contribution in [0.4, 0.5) is 4.79 Å². The molecule has 0 aliphatic heterocycles. The molecule has 0 saturated heterocycles. The van der Waals surface area contributed by atoms with Gasteiger partial charge in [-0.25, -0.2) is 4.79 Å². The molecule has 0 aliphatic rings. The number of carbonyl (C=O) groups excluding carboxylic acids is 2. The highest BCUT2D eigenvalue weighted by atomic mass is 16.6. The van der Waals surface area contributed by atoms with Crippen molar-refractivity contribution in [2.45, 2.75) is 39.3 Å². The summed E-state index contributed by atoms with van der Waals surface area (Å²) in [4.78, 5) is 24.8. The van der Waals surface area contributed by atoms with Crippen molar-refractivity contribution in [3.63, 3.8) is 0 Å². The molecule has 6 heteroatoms. The number of Topliss-reactive ketones (excluding diaryl/α,β-unsaturated/α-hetero) is 1. The molecule has 15 heavy (non-hydrogen) atoms. The van der Waals surface area contributed by atoms with Crippen LogP contribution in [0.1, 0.15) is 27.7 Å². The summed E-state index contributed by atoms with van der Waals surface area (Å²) >= 11 is 0. The molecule has 0 heterocycles. The molecule has 1 atom stereocenters. The first kappa shape index (κ1) is 13.3. The number of hydrogen-bond donors (Lipinski definition) is 1. The lowest BCUT2D eigenvalue weighted by molar-refractivity contribution is -0.117. The lowest BCUT2D eigenvalue weighted by atomic mass is 10.2. The molecule has 0 bridgehead atoms. The van der Waals surface area contributed by atoms with Crippen molar-refractivity contribution in [1.82, 2.24) is 5.32 Å². The van der Waals surface area contributed by atoms with Crippen molar-refractivity contribution in [1.29, 1.82) is 0 Å². The fourth-order valence-electron chi connectivity index (χ4n) is 0.724. The number of ether oxygens (including phenoxy) is 1. The highest BCUT2D eigenvalue weighted by Gasteiger charge is 2.21. The maximum Gasteiger partial charge on any atom is 0.408 e. The first-order chi connectivity index (χ1) is 6.76. The molecule has 0 spiro atoms. The van der Waals surface area contributed by atoms with E-state index in [0.29, 0.717) is 0 Å². The van der Waals surface area contributed by atoms with Gasteiger partial charge in [0.05, 0.1) is 6.04 Å². The van der Waals surface area contributed by atoms with Crippen LogP contribution in [0.25, 0.3) is 5.53 Å². The van der Waals surface area contributed by atoms with Crippen molar-refractivity contribution in [2.24, 2.45) is 0 Å². The Balaban J connectivity index is 4.19. The lowest BCUT2D eigenvalue weighted by Gasteiger charge is -2.20. The molecule has 1 amide bonds. The Morgan fingerprint density at radius 2 is 2.00 bits per heavy atom. The van der Waals surface area contributed by atoms with Crippen LogP contribution in [0.15, 0.2) is 0 Å². The maximum absolute atomic E-state index is 11.2. The number of ketones is 1. The van der Waals surface area contributed by atoms with Gasteiger partial charge in [0.1, 0.15) is 5.60 Å². The predicted octanol–water partition coefficient (Wildman–Crippen LogP) is 0.769. The van der Waals surface area contributed by atoms with Crippen LogP contribution in [0.3, 0.4) is 0 Å². The van der Waals surface area contributed by atoms with Gasteiger partial charge in [-0.1, -0.05) is 0 Å². The topological polar surface area (TPSA) is 91.8 Å². The van der Waals surface area contributed by atoms with Gasteiger partial charge in [0.15, 0.2) is 0 Å². The number of nitrogens with one attached hydrogen (secondary N) is 1. The van der Waals surface area contributed by atoms with Gasteiger partial charge in [0, 0.05) is 0 Å². The number of rotatable bonds is 3. The van der Waals surface area contributed by atoms with E-state index in [9.17, 15) is 9.59 Å². The third-order valence-electron chi connectivity index (χ3n) is 1.34. The zero-order valence-corrected chi connectivity index (χ0v) is 9.27. The molecule has 0 fully saturated rings. The molecule has 1 N–H and O–H groups in total. The van der Waals surface area contributed by atoms with Gasteiger partial charge in [-0.05, 0) is 27.7 Å². The molecule has 0 aromatic heterocycles. The lowest BCUT2D eigenvalue weighted by Crippen LogP contribution is -2.42. The van der Waals surface area contributed by atoms with Gasteiger partial charge < -0.3 is 15.6 Å². The summed E-state index contributed by atoms with van der Waals surface area (Å²) in [6, 6.07) is -0.782. The van der Waals surface area contributed by atoms with Crippen molar-refractivity contribution >= 4 is 18.1 Å². The fourth-order valence-corrected chi connectivity index (χ4v) is 0.724. The fraction of sp³-hybridized carbons (Fsp3) is 0.667. The van der Waals surface area contributed by atoms with Crippen molar-refractivity contribution in [3.8, 4) is 0 Å². The van der Waals surface area contributed by atoms with Crippen LogP contribution in [0.5, 0.6) is 0 Å². The minimum Gasteiger partial charge on any atom is -0.444 e. The Kier molecular flexibility index (Phi) is 4.67. The number of hydrogen-bond acceptors (Lipinski definition) is 3. The van der Waals surface area contributed by atoms with Gasteiger partial charge in [-0.3, -0.25) is 4.79 Å². The van der Waals surface area contributed by atoms with E-state index in [1.807, 2.05) is 0 Å². The van der Waals surface area contributed by atoms with E-state index >= 15 is 0 Å². The summed E-state index contributed by atoms with van der Waals surface area (Å²) in [5.41, 5.74) is 7.50. The number of nitrogens with zero attached hydrogens (tertiary/aromatic N) is 2.